The van der Waals surface area contributed by atoms with Crippen LogP contribution in [0.1, 0.15) is 26.3 Å². The molecule has 102 valence electrons. The second-order valence-electron chi connectivity index (χ2n) is 5.09. The third-order valence-corrected chi connectivity index (χ3v) is 2.27. The molecule has 18 heavy (non-hydrogen) atoms. The minimum atomic E-state index is -0.251. The molecule has 1 N–H and O–H groups in total. The van der Waals surface area contributed by atoms with Gasteiger partial charge in [-0.1, -0.05) is 0 Å². The number of halogens is 1. The van der Waals surface area contributed by atoms with Crippen LogP contribution in [0.3, 0.4) is 0 Å². The third-order valence-electron chi connectivity index (χ3n) is 2.27. The van der Waals surface area contributed by atoms with Crippen LogP contribution in [0.4, 0.5) is 4.39 Å². The Kier molecular flexibility index (Phi) is 5.56. The molecule has 4 heteroatoms. The van der Waals surface area contributed by atoms with E-state index in [4.69, 9.17) is 9.47 Å². The van der Waals surface area contributed by atoms with Crippen LogP contribution >= 0.6 is 0 Å². The standard InChI is InChI=1S/C14H22FNO2/c1-14(2,3)18-8-7-17-13-6-5-12(15)9-11(13)10-16-4/h5-6,9,16H,7-8,10H2,1-4H3. The Morgan fingerprint density at radius 2 is 1.94 bits per heavy atom. The predicted octanol–water partition coefficient (Wildman–Crippen LogP) is 2.74. The molecule has 1 aromatic rings. The monoisotopic (exact) mass is 255 g/mol. The maximum absolute atomic E-state index is 13.1. The molecule has 0 spiro atoms. The van der Waals surface area contributed by atoms with Gasteiger partial charge in [-0.15, -0.1) is 0 Å². The van der Waals surface area contributed by atoms with E-state index in [9.17, 15) is 4.39 Å². The van der Waals surface area contributed by atoms with E-state index >= 15 is 0 Å². The zero-order chi connectivity index (χ0) is 13.6. The van der Waals surface area contributed by atoms with Crippen molar-refractivity contribution in [2.24, 2.45) is 0 Å². The number of hydrogen-bond acceptors (Lipinski definition) is 3. The Morgan fingerprint density at radius 3 is 2.56 bits per heavy atom. The third kappa shape index (κ3) is 5.47. The SMILES string of the molecule is CNCc1cc(F)ccc1OCCOC(C)(C)C. The molecule has 0 unspecified atom stereocenters. The summed E-state index contributed by atoms with van der Waals surface area (Å²) in [6, 6.07) is 4.54. The van der Waals surface area contributed by atoms with Crippen molar-refractivity contribution in [1.82, 2.24) is 5.32 Å². The van der Waals surface area contributed by atoms with Gasteiger partial charge in [-0.2, -0.15) is 0 Å². The fourth-order valence-electron chi connectivity index (χ4n) is 1.52. The van der Waals surface area contributed by atoms with Crippen LogP contribution in [0.2, 0.25) is 0 Å². The summed E-state index contributed by atoms with van der Waals surface area (Å²) < 4.78 is 24.3. The number of rotatable bonds is 6. The van der Waals surface area contributed by atoms with Crippen molar-refractivity contribution in [3.63, 3.8) is 0 Å². The van der Waals surface area contributed by atoms with Gasteiger partial charge in [0.1, 0.15) is 18.2 Å². The van der Waals surface area contributed by atoms with Crippen LogP contribution in [0.15, 0.2) is 18.2 Å². The van der Waals surface area contributed by atoms with Gasteiger partial charge in [0.15, 0.2) is 0 Å². The fourth-order valence-corrected chi connectivity index (χ4v) is 1.52. The average molecular weight is 255 g/mol. The van der Waals surface area contributed by atoms with Crippen LogP contribution in [0, 0.1) is 5.82 Å². The van der Waals surface area contributed by atoms with Crippen molar-refractivity contribution >= 4 is 0 Å². The van der Waals surface area contributed by atoms with E-state index in [1.165, 1.54) is 12.1 Å². The van der Waals surface area contributed by atoms with Crippen molar-refractivity contribution in [1.29, 1.82) is 0 Å². The van der Waals surface area contributed by atoms with Gasteiger partial charge in [-0.3, -0.25) is 0 Å². The van der Waals surface area contributed by atoms with Crippen molar-refractivity contribution in [3.8, 4) is 5.75 Å². The summed E-state index contributed by atoms with van der Waals surface area (Å²) in [4.78, 5) is 0. The van der Waals surface area contributed by atoms with Crippen LogP contribution in [0.25, 0.3) is 0 Å². The lowest BCUT2D eigenvalue weighted by Crippen LogP contribution is -2.22. The lowest BCUT2D eigenvalue weighted by molar-refractivity contribution is -0.0164. The molecule has 3 nitrogen and oxygen atoms in total. The van der Waals surface area contributed by atoms with Crippen LogP contribution in [-0.4, -0.2) is 25.9 Å². The van der Waals surface area contributed by atoms with Crippen LogP contribution in [0.5, 0.6) is 5.75 Å². The maximum Gasteiger partial charge on any atom is 0.124 e. The Labute approximate surface area is 108 Å². The maximum atomic E-state index is 13.1. The second-order valence-corrected chi connectivity index (χ2v) is 5.09. The first-order chi connectivity index (χ1) is 8.42. The summed E-state index contributed by atoms with van der Waals surface area (Å²) in [7, 11) is 1.82. The number of benzene rings is 1. The van der Waals surface area contributed by atoms with E-state index in [0.717, 1.165) is 5.56 Å². The Morgan fingerprint density at radius 1 is 1.22 bits per heavy atom. The van der Waals surface area contributed by atoms with Gasteiger partial charge in [0.25, 0.3) is 0 Å². The molecule has 0 bridgehead atoms. The van der Waals surface area contributed by atoms with Crippen molar-refractivity contribution in [3.05, 3.63) is 29.6 Å². The highest BCUT2D eigenvalue weighted by molar-refractivity contribution is 5.33. The van der Waals surface area contributed by atoms with E-state index in [-0.39, 0.29) is 11.4 Å². The Hall–Kier alpha value is -1.13. The second kappa shape index (κ2) is 6.71. The molecule has 0 radical (unpaired) electrons. The summed E-state index contributed by atoms with van der Waals surface area (Å²) in [6.07, 6.45) is 0. The summed E-state index contributed by atoms with van der Waals surface area (Å²) in [6.45, 7) is 7.54. The first-order valence-electron chi connectivity index (χ1n) is 6.12. The highest BCUT2D eigenvalue weighted by Crippen LogP contribution is 2.19. The zero-order valence-corrected chi connectivity index (χ0v) is 11.5. The molecule has 0 fully saturated rings. The van der Waals surface area contributed by atoms with Gasteiger partial charge < -0.3 is 14.8 Å². The van der Waals surface area contributed by atoms with Gasteiger partial charge in [0.05, 0.1) is 12.2 Å². The molecule has 0 saturated carbocycles. The minimum absolute atomic E-state index is 0.167. The molecule has 0 heterocycles. The van der Waals surface area contributed by atoms with Crippen molar-refractivity contribution in [2.75, 3.05) is 20.3 Å². The molecule has 0 amide bonds. The summed E-state index contributed by atoms with van der Waals surface area (Å²) in [5.74, 6) is 0.446. The molecule has 0 aliphatic rings. The molecule has 0 saturated heterocycles. The quantitative estimate of drug-likeness (QED) is 0.793. The van der Waals surface area contributed by atoms with E-state index < -0.39 is 0 Å². The largest absolute Gasteiger partial charge is 0.491 e. The highest BCUT2D eigenvalue weighted by atomic mass is 19.1. The summed E-state index contributed by atoms with van der Waals surface area (Å²) in [5, 5.41) is 2.99. The van der Waals surface area contributed by atoms with Gasteiger partial charge >= 0.3 is 0 Å². The smallest absolute Gasteiger partial charge is 0.124 e. The molecular formula is C14H22FNO2. The topological polar surface area (TPSA) is 30.5 Å². The van der Waals surface area contributed by atoms with E-state index in [1.54, 1.807) is 6.07 Å². The molecule has 0 aliphatic carbocycles. The lowest BCUT2D eigenvalue weighted by Gasteiger charge is -2.20. The van der Waals surface area contributed by atoms with Crippen molar-refractivity contribution in [2.45, 2.75) is 32.9 Å². The number of nitrogens with one attached hydrogen (secondary N) is 1. The average Bonchev–Trinajstić information content (AvgIpc) is 2.26. The number of hydrogen-bond donors (Lipinski definition) is 1. The molecule has 0 aliphatic heterocycles. The molecule has 0 atom stereocenters. The van der Waals surface area contributed by atoms with Crippen molar-refractivity contribution < 1.29 is 13.9 Å². The fraction of sp³-hybridized carbons (Fsp3) is 0.571. The molecule has 1 rings (SSSR count). The highest BCUT2D eigenvalue weighted by Gasteiger charge is 2.10. The van der Waals surface area contributed by atoms with Crippen LogP contribution in [-0.2, 0) is 11.3 Å². The van der Waals surface area contributed by atoms with Gasteiger partial charge in [0, 0.05) is 12.1 Å². The van der Waals surface area contributed by atoms with Gasteiger partial charge in [-0.05, 0) is 46.0 Å². The zero-order valence-electron chi connectivity index (χ0n) is 11.5. The first-order valence-corrected chi connectivity index (χ1v) is 6.12. The van der Waals surface area contributed by atoms with Gasteiger partial charge in [0.2, 0.25) is 0 Å². The number of ether oxygens (including phenoxy) is 2. The van der Waals surface area contributed by atoms with E-state index in [1.807, 2.05) is 27.8 Å². The van der Waals surface area contributed by atoms with Crippen LogP contribution < -0.4 is 10.1 Å². The molecule has 0 aromatic heterocycles. The van der Waals surface area contributed by atoms with Gasteiger partial charge in [-0.25, -0.2) is 4.39 Å². The Bertz CT molecular complexity index is 375. The lowest BCUT2D eigenvalue weighted by atomic mass is 10.2. The Balaban J connectivity index is 2.51. The molecular weight excluding hydrogens is 233 g/mol. The van der Waals surface area contributed by atoms with E-state index in [0.29, 0.717) is 25.5 Å². The normalized spacial score (nSPS) is 11.6. The predicted molar refractivity (Wildman–Crippen MR) is 70.4 cm³/mol. The molecule has 1 aromatic carbocycles. The first kappa shape index (κ1) is 14.9. The summed E-state index contributed by atoms with van der Waals surface area (Å²) in [5.41, 5.74) is 0.646. The minimum Gasteiger partial charge on any atom is -0.491 e. The van der Waals surface area contributed by atoms with E-state index in [2.05, 4.69) is 5.32 Å². The summed E-state index contributed by atoms with van der Waals surface area (Å²) >= 11 is 0.